The molecule has 2 aromatic carbocycles. The van der Waals surface area contributed by atoms with Gasteiger partial charge in [-0.1, -0.05) is 60.7 Å². The number of benzene rings is 2. The summed E-state index contributed by atoms with van der Waals surface area (Å²) < 4.78 is 10.8. The zero-order valence-electron chi connectivity index (χ0n) is 20.7. The molecule has 36 heavy (non-hydrogen) atoms. The number of amides is 4. The second-order valence-corrected chi connectivity index (χ2v) is 9.15. The number of ether oxygens (including phenoxy) is 2. The molecule has 2 fully saturated rings. The highest BCUT2D eigenvalue weighted by Gasteiger charge is 2.28. The first kappa shape index (κ1) is 25.9. The van der Waals surface area contributed by atoms with Gasteiger partial charge in [0.2, 0.25) is 0 Å². The van der Waals surface area contributed by atoms with Crippen LogP contribution in [0.5, 0.6) is 0 Å². The Kier molecular flexibility index (Phi) is 9.54. The minimum atomic E-state index is -0.910. The van der Waals surface area contributed by atoms with Crippen molar-refractivity contribution in [3.63, 3.8) is 0 Å². The quantitative estimate of drug-likeness (QED) is 0.606. The molecule has 0 unspecified atom stereocenters. The van der Waals surface area contributed by atoms with E-state index in [-0.39, 0.29) is 25.2 Å². The average molecular weight is 497 g/mol. The highest BCUT2D eigenvalue weighted by atomic mass is 16.5. The van der Waals surface area contributed by atoms with Crippen molar-refractivity contribution in [1.29, 1.82) is 0 Å². The van der Waals surface area contributed by atoms with Crippen LogP contribution in [0.3, 0.4) is 0 Å². The van der Waals surface area contributed by atoms with E-state index in [1.807, 2.05) is 60.7 Å². The molecule has 2 saturated heterocycles. The first-order valence-corrected chi connectivity index (χ1v) is 12.6. The molecule has 2 aliphatic heterocycles. The van der Waals surface area contributed by atoms with Gasteiger partial charge in [-0.25, -0.2) is 9.59 Å². The van der Waals surface area contributed by atoms with Gasteiger partial charge in [0.15, 0.2) is 0 Å². The summed E-state index contributed by atoms with van der Waals surface area (Å²) in [7, 11) is 0. The lowest BCUT2D eigenvalue weighted by Crippen LogP contribution is -2.53. The van der Waals surface area contributed by atoms with Crippen LogP contribution in [0.4, 0.5) is 9.59 Å². The van der Waals surface area contributed by atoms with Gasteiger partial charge in [-0.3, -0.25) is 0 Å². The molecule has 0 saturated carbocycles. The third kappa shape index (κ3) is 7.43. The van der Waals surface area contributed by atoms with Gasteiger partial charge in [0, 0.05) is 39.3 Å². The molecule has 1 N–H and O–H groups in total. The number of hydrogen-bond acceptors (Lipinski definition) is 5. The van der Waals surface area contributed by atoms with E-state index in [9.17, 15) is 14.7 Å². The number of aliphatic hydroxyl groups is 1. The monoisotopic (exact) mass is 496 g/mol. The molecule has 0 spiro atoms. The van der Waals surface area contributed by atoms with E-state index in [2.05, 4.69) is 0 Å². The van der Waals surface area contributed by atoms with Crippen LogP contribution >= 0.6 is 0 Å². The van der Waals surface area contributed by atoms with E-state index in [1.165, 1.54) is 0 Å². The van der Waals surface area contributed by atoms with Crippen LogP contribution in [0, 0.1) is 0 Å². The zero-order chi connectivity index (χ0) is 25.2. The molecule has 0 atom stereocenters. The topological polar surface area (TPSA) is 85.8 Å². The number of nitrogens with zero attached hydrogens (tertiary/aromatic N) is 4. The summed E-state index contributed by atoms with van der Waals surface area (Å²) in [6.07, 6.45) is -0.910. The van der Waals surface area contributed by atoms with Crippen molar-refractivity contribution in [3.05, 3.63) is 71.8 Å². The van der Waals surface area contributed by atoms with Crippen molar-refractivity contribution < 1.29 is 24.2 Å². The van der Waals surface area contributed by atoms with Crippen LogP contribution in [0.25, 0.3) is 0 Å². The summed E-state index contributed by atoms with van der Waals surface area (Å²) in [4.78, 5) is 33.6. The fourth-order valence-corrected chi connectivity index (χ4v) is 4.50. The number of hydrogen-bond donors (Lipinski definition) is 1. The van der Waals surface area contributed by atoms with Gasteiger partial charge in [0.25, 0.3) is 0 Å². The van der Waals surface area contributed by atoms with Crippen LogP contribution in [0.15, 0.2) is 60.7 Å². The predicted molar refractivity (Wildman–Crippen MR) is 135 cm³/mol. The summed E-state index contributed by atoms with van der Waals surface area (Å²) in [6.45, 7) is 5.11. The largest absolute Gasteiger partial charge is 0.389 e. The van der Waals surface area contributed by atoms with Crippen molar-refractivity contribution in [2.75, 3.05) is 65.7 Å². The Morgan fingerprint density at radius 1 is 0.694 bits per heavy atom. The predicted octanol–water partition coefficient (Wildman–Crippen LogP) is 2.26. The number of carbonyl (C=O) groups is 2. The minimum Gasteiger partial charge on any atom is -0.389 e. The van der Waals surface area contributed by atoms with Crippen LogP contribution < -0.4 is 0 Å². The molecular formula is C27H36N4O5. The molecule has 194 valence electrons. The molecule has 2 aromatic rings. The van der Waals surface area contributed by atoms with E-state index in [0.717, 1.165) is 11.1 Å². The van der Waals surface area contributed by atoms with Gasteiger partial charge in [0.1, 0.15) is 0 Å². The van der Waals surface area contributed by atoms with Gasteiger partial charge in [0.05, 0.1) is 45.6 Å². The molecule has 0 radical (unpaired) electrons. The van der Waals surface area contributed by atoms with Gasteiger partial charge in [-0.05, 0) is 11.1 Å². The van der Waals surface area contributed by atoms with Gasteiger partial charge in [-0.2, -0.15) is 0 Å². The van der Waals surface area contributed by atoms with Crippen LogP contribution in [-0.4, -0.2) is 109 Å². The molecule has 0 aromatic heterocycles. The number of urea groups is 2. The second kappa shape index (κ2) is 13.2. The highest BCUT2D eigenvalue weighted by molar-refractivity contribution is 5.75. The van der Waals surface area contributed by atoms with Crippen LogP contribution in [0.2, 0.25) is 0 Å². The van der Waals surface area contributed by atoms with Crippen molar-refractivity contribution in [1.82, 2.24) is 19.6 Å². The maximum atomic E-state index is 13.4. The molecular weight excluding hydrogens is 460 g/mol. The standard InChI is InChI=1S/C27H36N4O5/c32-25(21-30(19-23-7-3-1-4-8-23)26(33)28-11-15-35-16-12-28)22-31(20-24-9-5-2-6-10-24)27(34)29-13-17-36-18-14-29/h1-10,25,32H,11-22H2. The Bertz CT molecular complexity index is 872. The van der Waals surface area contributed by atoms with Crippen molar-refractivity contribution in [3.8, 4) is 0 Å². The maximum absolute atomic E-state index is 13.4. The SMILES string of the molecule is O=C(N1CCOCC1)N(Cc1ccccc1)CC(O)CN(Cc1ccccc1)C(=O)N1CCOCC1. The number of morpholine rings is 2. The second-order valence-electron chi connectivity index (χ2n) is 9.15. The number of rotatable bonds is 8. The van der Waals surface area contributed by atoms with Gasteiger partial charge >= 0.3 is 12.1 Å². The zero-order valence-corrected chi connectivity index (χ0v) is 20.7. The normalized spacial score (nSPS) is 16.2. The van der Waals surface area contributed by atoms with E-state index in [0.29, 0.717) is 65.7 Å². The minimum absolute atomic E-state index is 0.118. The Morgan fingerprint density at radius 3 is 1.42 bits per heavy atom. The number of carbonyl (C=O) groups excluding carboxylic acids is 2. The summed E-state index contributed by atoms with van der Waals surface area (Å²) in [5, 5.41) is 11.2. The molecule has 4 rings (SSSR count). The average Bonchev–Trinajstić information content (AvgIpc) is 2.93. The lowest BCUT2D eigenvalue weighted by Gasteiger charge is -2.36. The Labute approximate surface area is 212 Å². The molecule has 2 aliphatic rings. The lowest BCUT2D eigenvalue weighted by molar-refractivity contribution is 0.0263. The van der Waals surface area contributed by atoms with E-state index >= 15 is 0 Å². The highest BCUT2D eigenvalue weighted by Crippen LogP contribution is 2.14. The van der Waals surface area contributed by atoms with E-state index in [1.54, 1.807) is 19.6 Å². The van der Waals surface area contributed by atoms with Crippen molar-refractivity contribution in [2.45, 2.75) is 19.2 Å². The molecule has 0 bridgehead atoms. The lowest BCUT2D eigenvalue weighted by atomic mass is 10.2. The van der Waals surface area contributed by atoms with Crippen molar-refractivity contribution in [2.24, 2.45) is 0 Å². The smallest absolute Gasteiger partial charge is 0.320 e. The Balaban J connectivity index is 1.47. The fourth-order valence-electron chi connectivity index (χ4n) is 4.50. The number of aliphatic hydroxyl groups excluding tert-OH is 1. The fraction of sp³-hybridized carbons (Fsp3) is 0.481. The van der Waals surface area contributed by atoms with Gasteiger partial charge < -0.3 is 34.2 Å². The van der Waals surface area contributed by atoms with Crippen LogP contribution in [0.1, 0.15) is 11.1 Å². The summed E-state index contributed by atoms with van der Waals surface area (Å²) in [6, 6.07) is 19.2. The Morgan fingerprint density at radius 2 is 1.06 bits per heavy atom. The summed E-state index contributed by atoms with van der Waals surface area (Å²) in [5.74, 6) is 0. The molecule has 0 aliphatic carbocycles. The van der Waals surface area contributed by atoms with E-state index < -0.39 is 6.10 Å². The molecule has 9 nitrogen and oxygen atoms in total. The summed E-state index contributed by atoms with van der Waals surface area (Å²) >= 11 is 0. The third-order valence-corrected chi connectivity index (χ3v) is 6.40. The Hall–Kier alpha value is -3.14. The first-order chi connectivity index (χ1) is 17.6. The molecule has 2 heterocycles. The van der Waals surface area contributed by atoms with Crippen molar-refractivity contribution >= 4 is 12.1 Å². The summed E-state index contributed by atoms with van der Waals surface area (Å²) in [5.41, 5.74) is 1.97. The van der Waals surface area contributed by atoms with E-state index in [4.69, 9.17) is 9.47 Å². The molecule has 4 amide bonds. The molecule has 9 heteroatoms. The van der Waals surface area contributed by atoms with Gasteiger partial charge in [-0.15, -0.1) is 0 Å². The first-order valence-electron chi connectivity index (χ1n) is 12.6. The third-order valence-electron chi connectivity index (χ3n) is 6.40. The maximum Gasteiger partial charge on any atom is 0.320 e. The van der Waals surface area contributed by atoms with Crippen LogP contribution in [-0.2, 0) is 22.6 Å².